The molecule has 0 aliphatic carbocycles. The van der Waals surface area contributed by atoms with Crippen molar-refractivity contribution >= 4 is 0 Å². The average molecular weight is 492 g/mol. The van der Waals surface area contributed by atoms with E-state index in [1.165, 1.54) is 30.3 Å². The zero-order chi connectivity index (χ0) is 25.3. The van der Waals surface area contributed by atoms with Gasteiger partial charge in [-0.2, -0.15) is 4.98 Å². The minimum Gasteiger partial charge on any atom is -0.424 e. The molecule has 0 amide bonds. The van der Waals surface area contributed by atoms with Crippen molar-refractivity contribution in [2.75, 3.05) is 6.54 Å². The fourth-order valence-corrected chi connectivity index (χ4v) is 5.27. The van der Waals surface area contributed by atoms with Gasteiger partial charge in [0.1, 0.15) is 22.9 Å². The minimum absolute atomic E-state index is 0.0722. The number of ether oxygens (including phenoxy) is 1. The van der Waals surface area contributed by atoms with Gasteiger partial charge in [0.05, 0.1) is 5.69 Å². The third-order valence-electron chi connectivity index (χ3n) is 6.93. The standard InChI is InChI=1S/C27H27F2N5O2/c1-3-21-16-27(18-7-9-19(28)10-8-18,34-25(35)12-14-33(34)2)23(17-31-21)24-11-13-30-26(32-24)36-22-6-4-5-20(29)15-22/h4-15,21,23,31H,3,16-17H2,1-2H3. The van der Waals surface area contributed by atoms with Gasteiger partial charge >= 0.3 is 6.01 Å². The molecule has 2 aromatic heterocycles. The van der Waals surface area contributed by atoms with Gasteiger partial charge in [0, 0.05) is 50.1 Å². The molecule has 186 valence electrons. The number of nitrogens with zero attached hydrogens (tertiary/aromatic N) is 4. The molecule has 1 fully saturated rings. The molecule has 7 nitrogen and oxygen atoms in total. The highest BCUT2D eigenvalue weighted by Crippen LogP contribution is 2.45. The third kappa shape index (κ3) is 4.30. The summed E-state index contributed by atoms with van der Waals surface area (Å²) in [6, 6.07) is 15.6. The Balaban J connectivity index is 1.67. The van der Waals surface area contributed by atoms with E-state index in [9.17, 15) is 13.6 Å². The quantitative estimate of drug-likeness (QED) is 0.434. The van der Waals surface area contributed by atoms with Gasteiger partial charge in [0.25, 0.3) is 5.56 Å². The molecule has 1 saturated heterocycles. The molecule has 1 aliphatic heterocycles. The number of nitrogens with one attached hydrogen (secondary N) is 1. The summed E-state index contributed by atoms with van der Waals surface area (Å²) in [5.41, 5.74) is 0.438. The molecule has 3 heterocycles. The van der Waals surface area contributed by atoms with E-state index >= 15 is 0 Å². The smallest absolute Gasteiger partial charge is 0.322 e. The number of aryl methyl sites for hydroxylation is 1. The second-order valence-corrected chi connectivity index (χ2v) is 9.06. The Morgan fingerprint density at radius 2 is 1.92 bits per heavy atom. The van der Waals surface area contributed by atoms with Crippen LogP contribution in [-0.2, 0) is 12.6 Å². The van der Waals surface area contributed by atoms with Crippen LogP contribution in [0.3, 0.4) is 0 Å². The minimum atomic E-state index is -0.862. The summed E-state index contributed by atoms with van der Waals surface area (Å²) < 4.78 is 36.9. The van der Waals surface area contributed by atoms with Crippen LogP contribution in [0.4, 0.5) is 8.78 Å². The molecule has 0 radical (unpaired) electrons. The van der Waals surface area contributed by atoms with Crippen LogP contribution in [0.2, 0.25) is 0 Å². The Hall–Kier alpha value is -3.85. The molecule has 3 unspecified atom stereocenters. The van der Waals surface area contributed by atoms with E-state index in [-0.39, 0.29) is 35.1 Å². The summed E-state index contributed by atoms with van der Waals surface area (Å²) in [6.45, 7) is 2.61. The van der Waals surface area contributed by atoms with Crippen LogP contribution in [0.25, 0.3) is 0 Å². The number of hydrogen-bond acceptors (Lipinski definition) is 5. The van der Waals surface area contributed by atoms with E-state index in [0.29, 0.717) is 18.7 Å². The van der Waals surface area contributed by atoms with Crippen molar-refractivity contribution in [3.05, 3.63) is 106 Å². The van der Waals surface area contributed by atoms with Crippen molar-refractivity contribution in [3.8, 4) is 11.8 Å². The zero-order valence-electron chi connectivity index (χ0n) is 20.1. The highest BCUT2D eigenvalue weighted by atomic mass is 19.1. The number of hydrogen-bond donors (Lipinski definition) is 1. The van der Waals surface area contributed by atoms with E-state index in [0.717, 1.165) is 12.0 Å². The molecule has 9 heteroatoms. The predicted molar refractivity (Wildman–Crippen MR) is 131 cm³/mol. The third-order valence-corrected chi connectivity index (χ3v) is 6.93. The lowest BCUT2D eigenvalue weighted by atomic mass is 9.69. The molecular formula is C27H27F2N5O2. The van der Waals surface area contributed by atoms with Gasteiger partial charge in [-0.1, -0.05) is 25.1 Å². The highest BCUT2D eigenvalue weighted by Gasteiger charge is 2.49. The molecule has 0 saturated carbocycles. The number of piperidine rings is 1. The first-order valence-corrected chi connectivity index (χ1v) is 11.9. The van der Waals surface area contributed by atoms with E-state index in [2.05, 4.69) is 22.2 Å². The van der Waals surface area contributed by atoms with Gasteiger partial charge in [0.2, 0.25) is 0 Å². The maximum Gasteiger partial charge on any atom is 0.322 e. The molecule has 1 aliphatic rings. The number of benzene rings is 2. The lowest BCUT2D eigenvalue weighted by Gasteiger charge is -2.48. The van der Waals surface area contributed by atoms with Crippen LogP contribution in [0.15, 0.2) is 77.9 Å². The Morgan fingerprint density at radius 3 is 2.61 bits per heavy atom. The van der Waals surface area contributed by atoms with Crippen molar-refractivity contribution < 1.29 is 13.5 Å². The van der Waals surface area contributed by atoms with Crippen LogP contribution in [0.5, 0.6) is 11.8 Å². The van der Waals surface area contributed by atoms with Gasteiger partial charge < -0.3 is 10.1 Å². The van der Waals surface area contributed by atoms with Crippen molar-refractivity contribution in [1.82, 2.24) is 24.6 Å². The predicted octanol–water partition coefficient (Wildman–Crippen LogP) is 4.35. The summed E-state index contributed by atoms with van der Waals surface area (Å²) >= 11 is 0. The van der Waals surface area contributed by atoms with E-state index in [1.807, 2.05) is 7.05 Å². The number of halogens is 2. The van der Waals surface area contributed by atoms with E-state index in [4.69, 9.17) is 4.74 Å². The first kappa shape index (κ1) is 23.9. The Kier molecular flexibility index (Phi) is 6.40. The SMILES string of the molecule is CCC1CC(c2ccc(F)cc2)(n2c(=O)ccn2C)C(c2ccnc(Oc3cccc(F)c3)n2)CN1. The maximum atomic E-state index is 14.0. The molecule has 3 atom stereocenters. The first-order valence-electron chi connectivity index (χ1n) is 11.9. The zero-order valence-corrected chi connectivity index (χ0v) is 20.1. The highest BCUT2D eigenvalue weighted by molar-refractivity contribution is 5.35. The second-order valence-electron chi connectivity index (χ2n) is 9.06. The second kappa shape index (κ2) is 9.66. The Morgan fingerprint density at radius 1 is 1.11 bits per heavy atom. The Labute approximate surface area is 207 Å². The largest absolute Gasteiger partial charge is 0.424 e. The van der Waals surface area contributed by atoms with Crippen LogP contribution in [0, 0.1) is 11.6 Å². The summed E-state index contributed by atoms with van der Waals surface area (Å²) in [7, 11) is 1.82. The fourth-order valence-electron chi connectivity index (χ4n) is 5.27. The van der Waals surface area contributed by atoms with Gasteiger partial charge in [-0.05, 0) is 48.7 Å². The van der Waals surface area contributed by atoms with Crippen molar-refractivity contribution in [3.63, 3.8) is 0 Å². The summed E-state index contributed by atoms with van der Waals surface area (Å²) in [4.78, 5) is 22.2. The van der Waals surface area contributed by atoms with Crippen LogP contribution >= 0.6 is 0 Å². The van der Waals surface area contributed by atoms with Crippen molar-refractivity contribution in [1.29, 1.82) is 0 Å². The lowest BCUT2D eigenvalue weighted by Crippen LogP contribution is -2.58. The average Bonchev–Trinajstić information content (AvgIpc) is 3.22. The monoisotopic (exact) mass is 491 g/mol. The van der Waals surface area contributed by atoms with Crippen LogP contribution in [-0.4, -0.2) is 31.9 Å². The molecule has 36 heavy (non-hydrogen) atoms. The number of aromatic nitrogens is 4. The summed E-state index contributed by atoms with van der Waals surface area (Å²) in [5, 5.41) is 3.58. The molecular weight excluding hydrogens is 464 g/mol. The van der Waals surface area contributed by atoms with Crippen LogP contribution < -0.4 is 15.6 Å². The summed E-state index contributed by atoms with van der Waals surface area (Å²) in [6.07, 6.45) is 4.76. The van der Waals surface area contributed by atoms with Gasteiger partial charge in [-0.15, -0.1) is 0 Å². The topological polar surface area (TPSA) is 74.0 Å². The molecule has 0 spiro atoms. The molecule has 4 aromatic rings. The summed E-state index contributed by atoms with van der Waals surface area (Å²) in [5.74, 6) is -0.819. The van der Waals surface area contributed by atoms with E-state index in [1.54, 1.807) is 52.1 Å². The van der Waals surface area contributed by atoms with Crippen molar-refractivity contribution in [2.24, 2.45) is 7.05 Å². The first-order chi connectivity index (χ1) is 17.4. The van der Waals surface area contributed by atoms with Gasteiger partial charge in [0.15, 0.2) is 0 Å². The molecule has 2 aromatic carbocycles. The molecule has 1 N–H and O–H groups in total. The molecule has 5 rings (SSSR count). The van der Waals surface area contributed by atoms with Gasteiger partial charge in [-0.3, -0.25) is 9.48 Å². The van der Waals surface area contributed by atoms with Gasteiger partial charge in [-0.25, -0.2) is 18.4 Å². The maximum absolute atomic E-state index is 14.0. The Bertz CT molecular complexity index is 1420. The lowest BCUT2D eigenvalue weighted by molar-refractivity contribution is 0.139. The van der Waals surface area contributed by atoms with E-state index < -0.39 is 11.4 Å². The number of rotatable bonds is 6. The molecule has 0 bridgehead atoms. The van der Waals surface area contributed by atoms with Crippen molar-refractivity contribution in [2.45, 2.75) is 37.3 Å². The normalized spacial score (nSPS) is 21.9. The fraction of sp³-hybridized carbons (Fsp3) is 0.296. The van der Waals surface area contributed by atoms with Crippen LogP contribution in [0.1, 0.15) is 36.9 Å².